The Morgan fingerprint density at radius 3 is 2.38 bits per heavy atom. The van der Waals surface area contributed by atoms with E-state index < -0.39 is 6.03 Å². The second-order valence-corrected chi connectivity index (χ2v) is 9.43. The number of furan rings is 1. The van der Waals surface area contributed by atoms with Crippen LogP contribution in [-0.2, 0) is 17.8 Å². The number of carbonyl (C=O) groups is 2. The monoisotopic (exact) mass is 547 g/mol. The molecule has 3 rings (SSSR count). The molecular weight excluding hydrogens is 517 g/mol. The second-order valence-electron chi connectivity index (χ2n) is 8.61. The number of benzene rings is 2. The molecule has 0 saturated carbocycles. The maximum Gasteiger partial charge on any atom is 0.322 e. The van der Waals surface area contributed by atoms with Crippen molar-refractivity contribution >= 4 is 40.8 Å². The van der Waals surface area contributed by atoms with E-state index in [1.807, 2.05) is 38.1 Å². The first-order valence-corrected chi connectivity index (χ1v) is 12.5. The second kappa shape index (κ2) is 13.3. The zero-order valence-electron chi connectivity index (χ0n) is 21.3. The van der Waals surface area contributed by atoms with Gasteiger partial charge in [0, 0.05) is 18.3 Å². The van der Waals surface area contributed by atoms with Crippen LogP contribution in [0.1, 0.15) is 25.2 Å². The number of methoxy groups -OCH3 is 2. The van der Waals surface area contributed by atoms with Gasteiger partial charge in [0.05, 0.1) is 37.1 Å². The third kappa shape index (κ3) is 7.81. The highest BCUT2D eigenvalue weighted by Crippen LogP contribution is 2.28. The minimum absolute atomic E-state index is 0.114. The maximum absolute atomic E-state index is 13.5. The number of nitrogens with one attached hydrogen (secondary N) is 1. The van der Waals surface area contributed by atoms with E-state index in [1.165, 1.54) is 4.90 Å². The Balaban J connectivity index is 1.73. The summed E-state index contributed by atoms with van der Waals surface area (Å²) < 4.78 is 16.2. The molecule has 1 heterocycles. The standard InChI is InChI=1S/C27H31Cl2N3O5/c1-18(2)32(27(34)30-20-8-9-22(28)23(29)15-20)17-26(33)31(16-21-6-5-13-37-21)12-11-19-7-10-24(35-3)25(14-19)36-4/h5-10,13-15,18H,11-12,16-17H2,1-4H3,(H,30,34). The largest absolute Gasteiger partial charge is 0.493 e. The van der Waals surface area contributed by atoms with E-state index in [0.29, 0.717) is 46.0 Å². The summed E-state index contributed by atoms with van der Waals surface area (Å²) in [5.41, 5.74) is 1.46. The van der Waals surface area contributed by atoms with Crippen LogP contribution in [0.2, 0.25) is 10.0 Å². The van der Waals surface area contributed by atoms with Crippen molar-refractivity contribution in [1.82, 2.24) is 9.80 Å². The summed E-state index contributed by atoms with van der Waals surface area (Å²) in [5.74, 6) is 1.69. The molecule has 37 heavy (non-hydrogen) atoms. The molecule has 2 aromatic carbocycles. The van der Waals surface area contributed by atoms with Crippen LogP contribution in [0.3, 0.4) is 0 Å². The molecule has 0 aliphatic heterocycles. The zero-order valence-corrected chi connectivity index (χ0v) is 22.8. The fraction of sp³-hybridized carbons (Fsp3) is 0.333. The van der Waals surface area contributed by atoms with Gasteiger partial charge in [-0.2, -0.15) is 0 Å². The lowest BCUT2D eigenvalue weighted by Gasteiger charge is -2.30. The van der Waals surface area contributed by atoms with Gasteiger partial charge in [0.1, 0.15) is 12.3 Å². The lowest BCUT2D eigenvalue weighted by molar-refractivity contribution is -0.133. The molecule has 0 saturated heterocycles. The summed E-state index contributed by atoms with van der Waals surface area (Å²) in [4.78, 5) is 29.7. The smallest absolute Gasteiger partial charge is 0.322 e. The molecule has 1 aromatic heterocycles. The SMILES string of the molecule is COc1ccc(CCN(Cc2ccco2)C(=O)CN(C(=O)Nc2ccc(Cl)c(Cl)c2)C(C)C)cc1OC. The number of hydrogen-bond donors (Lipinski definition) is 1. The average molecular weight is 548 g/mol. The van der Waals surface area contributed by atoms with Gasteiger partial charge in [-0.1, -0.05) is 29.3 Å². The fourth-order valence-electron chi connectivity index (χ4n) is 3.69. The molecule has 8 nitrogen and oxygen atoms in total. The first-order valence-electron chi connectivity index (χ1n) is 11.8. The van der Waals surface area contributed by atoms with Crippen molar-refractivity contribution in [3.8, 4) is 11.5 Å². The first-order chi connectivity index (χ1) is 17.7. The van der Waals surface area contributed by atoms with Gasteiger partial charge < -0.3 is 29.0 Å². The molecule has 0 unspecified atom stereocenters. The first kappa shape index (κ1) is 28.2. The zero-order chi connectivity index (χ0) is 26.9. The third-order valence-electron chi connectivity index (χ3n) is 5.76. The molecule has 3 amide bonds. The number of urea groups is 1. The number of amides is 3. The highest BCUT2D eigenvalue weighted by molar-refractivity contribution is 6.42. The molecule has 0 fully saturated rings. The van der Waals surface area contributed by atoms with Crippen molar-refractivity contribution in [2.45, 2.75) is 32.9 Å². The van der Waals surface area contributed by atoms with Crippen molar-refractivity contribution in [2.24, 2.45) is 0 Å². The van der Waals surface area contributed by atoms with Crippen LogP contribution in [0.5, 0.6) is 11.5 Å². The molecule has 10 heteroatoms. The lowest BCUT2D eigenvalue weighted by atomic mass is 10.1. The minimum atomic E-state index is -0.417. The number of nitrogens with zero attached hydrogens (tertiary/aromatic N) is 2. The molecule has 1 N–H and O–H groups in total. The van der Waals surface area contributed by atoms with E-state index in [9.17, 15) is 9.59 Å². The van der Waals surface area contributed by atoms with Crippen molar-refractivity contribution in [1.29, 1.82) is 0 Å². The predicted molar refractivity (Wildman–Crippen MR) is 145 cm³/mol. The summed E-state index contributed by atoms with van der Waals surface area (Å²) >= 11 is 12.0. The molecule has 0 aliphatic carbocycles. The van der Waals surface area contributed by atoms with Crippen LogP contribution in [0, 0.1) is 0 Å². The van der Waals surface area contributed by atoms with E-state index in [-0.39, 0.29) is 25.0 Å². The van der Waals surface area contributed by atoms with Gasteiger partial charge in [-0.25, -0.2) is 4.79 Å². The van der Waals surface area contributed by atoms with Gasteiger partial charge in [0.2, 0.25) is 5.91 Å². The molecule has 3 aromatic rings. The van der Waals surface area contributed by atoms with Crippen LogP contribution >= 0.6 is 23.2 Å². The van der Waals surface area contributed by atoms with Crippen LogP contribution < -0.4 is 14.8 Å². The number of carbonyl (C=O) groups excluding carboxylic acids is 2. The molecule has 198 valence electrons. The summed E-state index contributed by atoms with van der Waals surface area (Å²) in [7, 11) is 3.16. The number of ether oxygens (including phenoxy) is 2. The number of hydrogen-bond acceptors (Lipinski definition) is 5. The number of anilines is 1. The molecule has 0 spiro atoms. The quantitative estimate of drug-likeness (QED) is 0.312. The Morgan fingerprint density at radius 1 is 1.00 bits per heavy atom. The average Bonchev–Trinajstić information content (AvgIpc) is 3.39. The summed E-state index contributed by atoms with van der Waals surface area (Å²) in [6.07, 6.45) is 2.14. The molecule has 0 bridgehead atoms. The topological polar surface area (TPSA) is 84.2 Å². The Bertz CT molecular complexity index is 1200. The molecule has 0 aliphatic rings. The summed E-state index contributed by atoms with van der Waals surface area (Å²) in [6.45, 7) is 4.27. The van der Waals surface area contributed by atoms with E-state index in [1.54, 1.807) is 49.6 Å². The van der Waals surface area contributed by atoms with Crippen LogP contribution in [0.25, 0.3) is 0 Å². The van der Waals surface area contributed by atoms with Crippen molar-refractivity contribution < 1.29 is 23.5 Å². The Morgan fingerprint density at radius 2 is 1.76 bits per heavy atom. The Labute approximate surface area is 227 Å². The van der Waals surface area contributed by atoms with E-state index in [2.05, 4.69) is 5.32 Å². The van der Waals surface area contributed by atoms with Gasteiger partial charge in [0.25, 0.3) is 0 Å². The van der Waals surface area contributed by atoms with Crippen molar-refractivity contribution in [2.75, 3.05) is 32.6 Å². The molecule has 0 atom stereocenters. The third-order valence-corrected chi connectivity index (χ3v) is 6.50. The number of rotatable bonds is 11. The van der Waals surface area contributed by atoms with Gasteiger partial charge in [-0.05, 0) is 68.3 Å². The van der Waals surface area contributed by atoms with Crippen molar-refractivity contribution in [3.63, 3.8) is 0 Å². The Hall–Kier alpha value is -3.36. The Kier molecular flexibility index (Phi) is 10.1. The van der Waals surface area contributed by atoms with Gasteiger partial charge in [0.15, 0.2) is 11.5 Å². The predicted octanol–water partition coefficient (Wildman–Crippen LogP) is 6.12. The van der Waals surface area contributed by atoms with E-state index in [0.717, 1.165) is 5.56 Å². The highest BCUT2D eigenvalue weighted by Gasteiger charge is 2.24. The van der Waals surface area contributed by atoms with E-state index in [4.69, 9.17) is 37.1 Å². The van der Waals surface area contributed by atoms with Crippen molar-refractivity contribution in [3.05, 3.63) is 76.2 Å². The van der Waals surface area contributed by atoms with Crippen LogP contribution in [-0.4, -0.2) is 55.1 Å². The normalized spacial score (nSPS) is 10.8. The minimum Gasteiger partial charge on any atom is -0.493 e. The number of halogens is 2. The van der Waals surface area contributed by atoms with Crippen LogP contribution in [0.4, 0.5) is 10.5 Å². The maximum atomic E-state index is 13.5. The molecular formula is C27H31Cl2N3O5. The highest BCUT2D eigenvalue weighted by atomic mass is 35.5. The summed E-state index contributed by atoms with van der Waals surface area (Å²) in [6, 6.07) is 13.4. The van der Waals surface area contributed by atoms with Gasteiger partial charge in [-0.3, -0.25) is 4.79 Å². The van der Waals surface area contributed by atoms with Gasteiger partial charge >= 0.3 is 6.03 Å². The van der Waals surface area contributed by atoms with E-state index >= 15 is 0 Å². The van der Waals surface area contributed by atoms with Crippen LogP contribution in [0.15, 0.2) is 59.2 Å². The van der Waals surface area contributed by atoms with Gasteiger partial charge in [-0.15, -0.1) is 0 Å². The summed E-state index contributed by atoms with van der Waals surface area (Å²) in [5, 5.41) is 3.50. The lowest BCUT2D eigenvalue weighted by Crippen LogP contribution is -2.47. The fourth-order valence-corrected chi connectivity index (χ4v) is 3.98. The molecule has 0 radical (unpaired) electrons.